The van der Waals surface area contributed by atoms with Crippen LogP contribution in [0.15, 0.2) is 48.5 Å². The summed E-state index contributed by atoms with van der Waals surface area (Å²) in [5.41, 5.74) is 1.95. The fourth-order valence-corrected chi connectivity index (χ4v) is 4.19. The van der Waals surface area contributed by atoms with Crippen LogP contribution in [0.25, 0.3) is 0 Å². The van der Waals surface area contributed by atoms with Crippen molar-refractivity contribution in [1.82, 2.24) is 5.32 Å². The van der Waals surface area contributed by atoms with E-state index in [1.165, 1.54) is 5.56 Å². The van der Waals surface area contributed by atoms with Gasteiger partial charge in [-0.05, 0) is 37.6 Å². The molecule has 1 amide bonds. The zero-order chi connectivity index (χ0) is 19.3. The lowest BCUT2D eigenvalue weighted by Gasteiger charge is -2.38. The molecule has 0 fully saturated rings. The summed E-state index contributed by atoms with van der Waals surface area (Å²) in [6.45, 7) is 4.10. The number of rotatable bonds is 7. The van der Waals surface area contributed by atoms with Crippen molar-refractivity contribution >= 4 is 17.7 Å². The topological polar surface area (TPSA) is 47.6 Å². The molecule has 0 spiro atoms. The number of fused-ring (bicyclic) bond motifs is 1. The lowest BCUT2D eigenvalue weighted by Crippen LogP contribution is -2.41. The highest BCUT2D eigenvalue weighted by atomic mass is 32.2. The van der Waals surface area contributed by atoms with Crippen LogP contribution in [-0.4, -0.2) is 24.4 Å². The van der Waals surface area contributed by atoms with Crippen molar-refractivity contribution in [2.24, 2.45) is 0 Å². The Morgan fingerprint density at radius 3 is 2.78 bits per heavy atom. The minimum atomic E-state index is -0.318. The number of methoxy groups -OCH3 is 1. The van der Waals surface area contributed by atoms with E-state index < -0.39 is 0 Å². The summed E-state index contributed by atoms with van der Waals surface area (Å²) in [6, 6.07) is 16.0. The number of ether oxygens (including phenoxy) is 2. The Kier molecular flexibility index (Phi) is 6.32. The zero-order valence-electron chi connectivity index (χ0n) is 16.2. The van der Waals surface area contributed by atoms with Gasteiger partial charge in [-0.2, -0.15) is 11.8 Å². The molecule has 2 aromatic rings. The van der Waals surface area contributed by atoms with Crippen LogP contribution in [0.3, 0.4) is 0 Å². The van der Waals surface area contributed by atoms with Gasteiger partial charge in [-0.3, -0.25) is 4.79 Å². The zero-order valence-corrected chi connectivity index (χ0v) is 17.0. The van der Waals surface area contributed by atoms with E-state index >= 15 is 0 Å². The van der Waals surface area contributed by atoms with E-state index in [4.69, 9.17) is 9.47 Å². The second kappa shape index (κ2) is 8.70. The first kappa shape index (κ1) is 19.6. The molecule has 27 heavy (non-hydrogen) atoms. The monoisotopic (exact) mass is 385 g/mol. The van der Waals surface area contributed by atoms with Crippen LogP contribution in [0, 0.1) is 0 Å². The Morgan fingerprint density at radius 2 is 2.04 bits per heavy atom. The Morgan fingerprint density at radius 1 is 1.26 bits per heavy atom. The van der Waals surface area contributed by atoms with Crippen LogP contribution in [-0.2, 0) is 10.5 Å². The predicted molar refractivity (Wildman–Crippen MR) is 110 cm³/mol. The van der Waals surface area contributed by atoms with Gasteiger partial charge in [0.15, 0.2) is 0 Å². The maximum atomic E-state index is 12.5. The second-order valence-corrected chi connectivity index (χ2v) is 8.48. The fourth-order valence-electron chi connectivity index (χ4n) is 3.28. The van der Waals surface area contributed by atoms with Gasteiger partial charge in [-0.15, -0.1) is 0 Å². The number of carbonyl (C=O) groups is 1. The number of thioether (sulfide) groups is 1. The number of benzene rings is 2. The van der Waals surface area contributed by atoms with Crippen LogP contribution in [0.2, 0.25) is 0 Å². The number of hydrogen-bond acceptors (Lipinski definition) is 4. The first-order valence-corrected chi connectivity index (χ1v) is 10.4. The van der Waals surface area contributed by atoms with E-state index in [0.29, 0.717) is 6.42 Å². The van der Waals surface area contributed by atoms with Crippen molar-refractivity contribution in [3.63, 3.8) is 0 Å². The van der Waals surface area contributed by atoms with Crippen molar-refractivity contribution < 1.29 is 14.3 Å². The van der Waals surface area contributed by atoms with Gasteiger partial charge in [-0.1, -0.05) is 30.3 Å². The molecule has 1 atom stereocenters. The van der Waals surface area contributed by atoms with E-state index in [1.807, 2.05) is 36.4 Å². The Labute approximate surface area is 165 Å². The van der Waals surface area contributed by atoms with Gasteiger partial charge in [0.05, 0.1) is 13.2 Å². The highest BCUT2D eigenvalue weighted by Crippen LogP contribution is 2.41. The summed E-state index contributed by atoms with van der Waals surface area (Å²) in [6.07, 6.45) is 1.24. The van der Waals surface area contributed by atoms with Crippen molar-refractivity contribution in [3.8, 4) is 11.5 Å². The number of hydrogen-bond donors (Lipinski definition) is 1. The van der Waals surface area contributed by atoms with Crippen LogP contribution in [0.5, 0.6) is 11.5 Å². The molecule has 1 aliphatic heterocycles. The van der Waals surface area contributed by atoms with E-state index in [0.717, 1.165) is 35.0 Å². The molecule has 0 aliphatic carbocycles. The highest BCUT2D eigenvalue weighted by molar-refractivity contribution is 7.98. The third-order valence-electron chi connectivity index (χ3n) is 4.59. The van der Waals surface area contributed by atoms with Crippen molar-refractivity contribution in [3.05, 3.63) is 59.7 Å². The molecule has 0 radical (unpaired) electrons. The van der Waals surface area contributed by atoms with Gasteiger partial charge < -0.3 is 14.8 Å². The maximum absolute atomic E-state index is 12.5. The third kappa shape index (κ3) is 5.42. The minimum absolute atomic E-state index is 0.0644. The highest BCUT2D eigenvalue weighted by Gasteiger charge is 2.34. The minimum Gasteiger partial charge on any atom is -0.497 e. The molecule has 3 rings (SSSR count). The molecule has 4 nitrogen and oxygen atoms in total. The summed E-state index contributed by atoms with van der Waals surface area (Å²) < 4.78 is 11.4. The molecule has 0 unspecified atom stereocenters. The van der Waals surface area contributed by atoms with E-state index in [-0.39, 0.29) is 17.6 Å². The average molecular weight is 386 g/mol. The lowest BCUT2D eigenvalue weighted by molar-refractivity contribution is -0.121. The van der Waals surface area contributed by atoms with Gasteiger partial charge >= 0.3 is 0 Å². The first-order chi connectivity index (χ1) is 13.0. The Bertz CT molecular complexity index is 776. The van der Waals surface area contributed by atoms with Gasteiger partial charge in [0.25, 0.3) is 0 Å². The summed E-state index contributed by atoms with van der Waals surface area (Å²) in [5, 5.41) is 3.19. The molecule has 1 heterocycles. The summed E-state index contributed by atoms with van der Waals surface area (Å²) in [4.78, 5) is 12.5. The SMILES string of the molecule is COc1ccc2c(c1)[C@@H](NC(=O)CCSCc1ccccc1)CC(C)(C)O2. The van der Waals surface area contributed by atoms with Crippen molar-refractivity contribution in [1.29, 1.82) is 0 Å². The van der Waals surface area contributed by atoms with Crippen LogP contribution in [0.1, 0.15) is 43.9 Å². The summed E-state index contributed by atoms with van der Waals surface area (Å²) in [5.74, 6) is 3.40. The van der Waals surface area contributed by atoms with Crippen molar-refractivity contribution in [2.45, 2.75) is 44.1 Å². The van der Waals surface area contributed by atoms with Gasteiger partial charge in [0.2, 0.25) is 5.91 Å². The number of carbonyl (C=O) groups excluding carboxylic acids is 1. The molecule has 0 saturated carbocycles. The van der Waals surface area contributed by atoms with Gasteiger partial charge in [0, 0.05) is 29.9 Å². The van der Waals surface area contributed by atoms with Gasteiger partial charge in [0.1, 0.15) is 17.1 Å². The maximum Gasteiger partial charge on any atom is 0.221 e. The number of amides is 1. The van der Waals surface area contributed by atoms with Crippen LogP contribution >= 0.6 is 11.8 Å². The lowest BCUT2D eigenvalue weighted by atomic mass is 9.89. The molecule has 1 aliphatic rings. The smallest absolute Gasteiger partial charge is 0.221 e. The van der Waals surface area contributed by atoms with Gasteiger partial charge in [-0.25, -0.2) is 0 Å². The first-order valence-electron chi connectivity index (χ1n) is 9.25. The average Bonchev–Trinajstić information content (AvgIpc) is 2.65. The quantitative estimate of drug-likeness (QED) is 0.700. The number of nitrogens with one attached hydrogen (secondary N) is 1. The molecule has 0 saturated heterocycles. The Hall–Kier alpha value is -2.14. The standard InChI is InChI=1S/C22H27NO3S/c1-22(2)14-19(18-13-17(25-3)9-10-20(18)26-22)23-21(24)11-12-27-15-16-7-5-4-6-8-16/h4-10,13,19H,11-12,14-15H2,1-3H3,(H,23,24)/t19-/m0/s1. The normalized spacial score (nSPS) is 17.5. The molecular weight excluding hydrogens is 358 g/mol. The molecule has 5 heteroatoms. The van der Waals surface area contributed by atoms with E-state index in [1.54, 1.807) is 18.9 Å². The molecule has 0 aromatic heterocycles. The second-order valence-electron chi connectivity index (χ2n) is 7.38. The van der Waals surface area contributed by atoms with E-state index in [9.17, 15) is 4.79 Å². The fraction of sp³-hybridized carbons (Fsp3) is 0.409. The van der Waals surface area contributed by atoms with Crippen LogP contribution in [0.4, 0.5) is 0 Å². The largest absolute Gasteiger partial charge is 0.497 e. The summed E-state index contributed by atoms with van der Waals surface area (Å²) in [7, 11) is 1.65. The molecule has 0 bridgehead atoms. The Balaban J connectivity index is 1.57. The van der Waals surface area contributed by atoms with Crippen LogP contribution < -0.4 is 14.8 Å². The molecule has 2 aromatic carbocycles. The molecule has 1 N–H and O–H groups in total. The van der Waals surface area contributed by atoms with E-state index in [2.05, 4.69) is 31.3 Å². The molecular formula is C22H27NO3S. The third-order valence-corrected chi connectivity index (χ3v) is 5.62. The summed E-state index contributed by atoms with van der Waals surface area (Å²) >= 11 is 1.78. The van der Waals surface area contributed by atoms with Crippen molar-refractivity contribution in [2.75, 3.05) is 12.9 Å². The molecule has 144 valence electrons. The predicted octanol–water partition coefficient (Wildman–Crippen LogP) is 4.74.